The van der Waals surface area contributed by atoms with Gasteiger partial charge in [0.2, 0.25) is 0 Å². The van der Waals surface area contributed by atoms with Gasteiger partial charge in [-0.05, 0) is 42.7 Å². The molecule has 0 aliphatic carbocycles. The molecule has 1 N–H and O–H groups in total. The first-order valence-electron chi connectivity index (χ1n) is 8.58. The fraction of sp³-hybridized carbons (Fsp3) is 0.350. The van der Waals surface area contributed by atoms with Gasteiger partial charge in [-0.3, -0.25) is 9.69 Å². The highest BCUT2D eigenvalue weighted by Crippen LogP contribution is 2.20. The largest absolute Gasteiger partial charge is 0.484 e. The van der Waals surface area contributed by atoms with Gasteiger partial charge in [-0.25, -0.2) is 0 Å². The molecule has 2 aromatic carbocycles. The van der Waals surface area contributed by atoms with Crippen molar-refractivity contribution in [1.29, 1.82) is 0 Å². The van der Waals surface area contributed by atoms with Crippen LogP contribution in [0.15, 0.2) is 48.5 Å². The second kappa shape index (κ2) is 8.37. The van der Waals surface area contributed by atoms with Gasteiger partial charge in [-0.1, -0.05) is 41.9 Å². The summed E-state index contributed by atoms with van der Waals surface area (Å²) in [5.74, 6) is 0.479. The third kappa shape index (κ3) is 4.97. The van der Waals surface area contributed by atoms with E-state index in [-0.39, 0.29) is 18.6 Å². The first kappa shape index (κ1) is 17.8. The number of carbonyl (C=O) groups excluding carboxylic acids is 1. The molecular formula is C20H23ClN2O2. The molecule has 1 amide bonds. The van der Waals surface area contributed by atoms with Crippen molar-refractivity contribution >= 4 is 17.5 Å². The Labute approximate surface area is 153 Å². The fourth-order valence-corrected chi connectivity index (χ4v) is 3.22. The number of hydrogen-bond acceptors (Lipinski definition) is 3. The maximum absolute atomic E-state index is 12.0. The Balaban J connectivity index is 1.43. The van der Waals surface area contributed by atoms with Crippen LogP contribution in [-0.4, -0.2) is 36.5 Å². The van der Waals surface area contributed by atoms with Gasteiger partial charge in [-0.2, -0.15) is 0 Å². The average molecular weight is 359 g/mol. The smallest absolute Gasteiger partial charge is 0.257 e. The Hall–Kier alpha value is -2.04. The molecule has 132 valence electrons. The van der Waals surface area contributed by atoms with E-state index in [0.29, 0.717) is 17.3 Å². The van der Waals surface area contributed by atoms with Crippen LogP contribution in [0.4, 0.5) is 0 Å². The molecule has 25 heavy (non-hydrogen) atoms. The number of amides is 1. The number of nitrogens with one attached hydrogen (secondary N) is 1. The van der Waals surface area contributed by atoms with Gasteiger partial charge in [0.15, 0.2) is 6.61 Å². The zero-order chi connectivity index (χ0) is 17.6. The van der Waals surface area contributed by atoms with Gasteiger partial charge < -0.3 is 10.1 Å². The standard InChI is InChI=1S/C20H23ClN2O2/c1-15(23-10-9-16-5-2-3-6-17(16)13-23)12-22-20(24)14-25-19-8-4-7-18(21)11-19/h2-8,11,15H,9-10,12-14H2,1H3,(H,22,24). The minimum atomic E-state index is -0.121. The Morgan fingerprint density at radius 2 is 2.04 bits per heavy atom. The predicted octanol–water partition coefficient (Wildman–Crippen LogP) is 3.28. The first-order chi connectivity index (χ1) is 12.1. The molecule has 3 rings (SSSR count). The molecule has 1 aliphatic heterocycles. The minimum Gasteiger partial charge on any atom is -0.484 e. The van der Waals surface area contributed by atoms with E-state index in [9.17, 15) is 4.79 Å². The molecule has 5 heteroatoms. The molecule has 0 fully saturated rings. The molecule has 0 radical (unpaired) electrons. The second-order valence-corrected chi connectivity index (χ2v) is 6.82. The SMILES string of the molecule is CC(CNC(=O)COc1cccc(Cl)c1)N1CCc2ccccc2C1. The van der Waals surface area contributed by atoms with Gasteiger partial charge in [0, 0.05) is 30.7 Å². The summed E-state index contributed by atoms with van der Waals surface area (Å²) in [6.07, 6.45) is 1.06. The average Bonchev–Trinajstić information content (AvgIpc) is 2.64. The van der Waals surface area contributed by atoms with E-state index in [4.69, 9.17) is 16.3 Å². The van der Waals surface area contributed by atoms with Gasteiger partial charge >= 0.3 is 0 Å². The highest BCUT2D eigenvalue weighted by molar-refractivity contribution is 6.30. The molecule has 1 atom stereocenters. The topological polar surface area (TPSA) is 41.6 Å². The van der Waals surface area contributed by atoms with Crippen molar-refractivity contribution in [2.45, 2.75) is 25.9 Å². The third-order valence-electron chi connectivity index (χ3n) is 4.54. The summed E-state index contributed by atoms with van der Waals surface area (Å²) in [5.41, 5.74) is 2.82. The van der Waals surface area contributed by atoms with Crippen LogP contribution in [0.3, 0.4) is 0 Å². The number of fused-ring (bicyclic) bond motifs is 1. The Morgan fingerprint density at radius 3 is 2.84 bits per heavy atom. The maximum atomic E-state index is 12.0. The molecule has 1 unspecified atom stereocenters. The van der Waals surface area contributed by atoms with Gasteiger partial charge in [0.1, 0.15) is 5.75 Å². The number of benzene rings is 2. The van der Waals surface area contributed by atoms with E-state index in [2.05, 4.69) is 41.4 Å². The van der Waals surface area contributed by atoms with Gasteiger partial charge in [0.25, 0.3) is 5.91 Å². The van der Waals surface area contributed by atoms with E-state index in [0.717, 1.165) is 19.5 Å². The van der Waals surface area contributed by atoms with Gasteiger partial charge in [0.05, 0.1) is 0 Å². The predicted molar refractivity (Wildman–Crippen MR) is 100.0 cm³/mol. The van der Waals surface area contributed by atoms with Crippen molar-refractivity contribution in [3.63, 3.8) is 0 Å². The van der Waals surface area contributed by atoms with Crippen molar-refractivity contribution in [3.05, 3.63) is 64.7 Å². The maximum Gasteiger partial charge on any atom is 0.257 e. The summed E-state index contributed by atoms with van der Waals surface area (Å²) in [5, 5.41) is 3.54. The summed E-state index contributed by atoms with van der Waals surface area (Å²) >= 11 is 5.90. The number of nitrogens with zero attached hydrogens (tertiary/aromatic N) is 1. The molecule has 4 nitrogen and oxygen atoms in total. The fourth-order valence-electron chi connectivity index (χ4n) is 3.04. The van der Waals surface area contributed by atoms with Crippen molar-refractivity contribution in [2.24, 2.45) is 0 Å². The number of halogens is 1. The van der Waals surface area contributed by atoms with Crippen molar-refractivity contribution in [3.8, 4) is 5.75 Å². The Kier molecular flexibility index (Phi) is 5.95. The zero-order valence-electron chi connectivity index (χ0n) is 14.4. The first-order valence-corrected chi connectivity index (χ1v) is 8.95. The van der Waals surface area contributed by atoms with Crippen LogP contribution in [0.2, 0.25) is 5.02 Å². The van der Waals surface area contributed by atoms with Crippen LogP contribution in [0.5, 0.6) is 5.75 Å². The lowest BCUT2D eigenvalue weighted by Gasteiger charge is -2.33. The molecule has 1 heterocycles. The zero-order valence-corrected chi connectivity index (χ0v) is 15.1. The monoisotopic (exact) mass is 358 g/mol. The summed E-state index contributed by atoms with van der Waals surface area (Å²) < 4.78 is 5.46. The second-order valence-electron chi connectivity index (χ2n) is 6.39. The lowest BCUT2D eigenvalue weighted by molar-refractivity contribution is -0.123. The van der Waals surface area contributed by atoms with Crippen molar-refractivity contribution in [2.75, 3.05) is 19.7 Å². The molecule has 0 spiro atoms. The van der Waals surface area contributed by atoms with Crippen LogP contribution < -0.4 is 10.1 Å². The van der Waals surface area contributed by atoms with E-state index < -0.39 is 0 Å². The van der Waals surface area contributed by atoms with Crippen molar-refractivity contribution in [1.82, 2.24) is 10.2 Å². The highest BCUT2D eigenvalue weighted by Gasteiger charge is 2.20. The summed E-state index contributed by atoms with van der Waals surface area (Å²) in [6, 6.07) is 15.9. The molecule has 0 bridgehead atoms. The summed E-state index contributed by atoms with van der Waals surface area (Å²) in [7, 11) is 0. The lowest BCUT2D eigenvalue weighted by Crippen LogP contribution is -2.45. The molecule has 2 aromatic rings. The van der Waals surface area contributed by atoms with Gasteiger partial charge in [-0.15, -0.1) is 0 Å². The summed E-state index contributed by atoms with van der Waals surface area (Å²) in [4.78, 5) is 14.4. The van der Waals surface area contributed by atoms with Crippen LogP contribution in [0.25, 0.3) is 0 Å². The number of ether oxygens (including phenoxy) is 1. The molecule has 0 saturated heterocycles. The van der Waals surface area contributed by atoms with E-state index in [1.807, 2.05) is 0 Å². The van der Waals surface area contributed by atoms with Crippen LogP contribution in [0, 0.1) is 0 Å². The quantitative estimate of drug-likeness (QED) is 0.861. The lowest BCUT2D eigenvalue weighted by atomic mass is 9.99. The van der Waals surface area contributed by atoms with Crippen LogP contribution in [-0.2, 0) is 17.8 Å². The number of rotatable bonds is 6. The number of carbonyl (C=O) groups is 1. The normalized spacial score (nSPS) is 15.3. The molecule has 0 aromatic heterocycles. The minimum absolute atomic E-state index is 0.00407. The van der Waals surface area contributed by atoms with E-state index >= 15 is 0 Å². The molecule has 1 aliphatic rings. The molecule has 0 saturated carbocycles. The Morgan fingerprint density at radius 1 is 1.24 bits per heavy atom. The van der Waals surface area contributed by atoms with E-state index in [1.54, 1.807) is 24.3 Å². The third-order valence-corrected chi connectivity index (χ3v) is 4.78. The van der Waals surface area contributed by atoms with E-state index in [1.165, 1.54) is 11.1 Å². The Bertz CT molecular complexity index is 735. The molecular weight excluding hydrogens is 336 g/mol. The van der Waals surface area contributed by atoms with Crippen LogP contribution >= 0.6 is 11.6 Å². The van der Waals surface area contributed by atoms with Crippen molar-refractivity contribution < 1.29 is 9.53 Å². The number of hydrogen-bond donors (Lipinski definition) is 1. The summed E-state index contributed by atoms with van der Waals surface area (Å²) in [6.45, 7) is 4.71. The van der Waals surface area contributed by atoms with Crippen LogP contribution in [0.1, 0.15) is 18.1 Å². The highest BCUT2D eigenvalue weighted by atomic mass is 35.5.